The van der Waals surface area contributed by atoms with Gasteiger partial charge in [0, 0.05) is 49.3 Å². The van der Waals surface area contributed by atoms with E-state index in [1.807, 2.05) is 0 Å². The molecular formula is C16H22ClFIN3O. The van der Waals surface area contributed by atoms with Crippen LogP contribution in [-0.4, -0.2) is 44.2 Å². The molecule has 0 saturated carbocycles. The van der Waals surface area contributed by atoms with Gasteiger partial charge in [-0.05, 0) is 25.0 Å². The van der Waals surface area contributed by atoms with Crippen LogP contribution in [0.25, 0.3) is 0 Å². The molecule has 0 aromatic heterocycles. The number of hydrogen-bond acceptors (Lipinski definition) is 2. The van der Waals surface area contributed by atoms with Gasteiger partial charge in [-0.15, -0.1) is 24.0 Å². The van der Waals surface area contributed by atoms with Crippen molar-refractivity contribution in [2.24, 2.45) is 10.4 Å². The van der Waals surface area contributed by atoms with E-state index in [0.717, 1.165) is 45.1 Å². The first kappa shape index (κ1) is 18.7. The summed E-state index contributed by atoms with van der Waals surface area (Å²) in [7, 11) is 1.75. The van der Waals surface area contributed by atoms with Gasteiger partial charge in [-0.3, -0.25) is 4.99 Å². The van der Waals surface area contributed by atoms with Crippen molar-refractivity contribution in [3.8, 4) is 0 Å². The molecule has 3 rings (SSSR count). The third-order valence-electron chi connectivity index (χ3n) is 4.62. The predicted molar refractivity (Wildman–Crippen MR) is 101 cm³/mol. The van der Waals surface area contributed by atoms with Crippen molar-refractivity contribution in [1.82, 2.24) is 10.2 Å². The van der Waals surface area contributed by atoms with E-state index in [2.05, 4.69) is 15.2 Å². The van der Waals surface area contributed by atoms with E-state index in [1.165, 1.54) is 6.07 Å². The number of ether oxygens (including phenoxy) is 1. The average molecular weight is 454 g/mol. The van der Waals surface area contributed by atoms with Gasteiger partial charge in [0.2, 0.25) is 0 Å². The minimum absolute atomic E-state index is 0. The molecule has 2 saturated heterocycles. The Morgan fingerprint density at radius 3 is 2.96 bits per heavy atom. The molecule has 4 nitrogen and oxygen atoms in total. The number of hydrogen-bond donors (Lipinski definition) is 1. The third kappa shape index (κ3) is 4.09. The van der Waals surface area contributed by atoms with Gasteiger partial charge in [0.1, 0.15) is 5.82 Å². The van der Waals surface area contributed by atoms with E-state index in [-0.39, 0.29) is 35.2 Å². The molecule has 1 aromatic rings. The summed E-state index contributed by atoms with van der Waals surface area (Å²) in [6.07, 6.45) is 2.23. The number of benzene rings is 1. The van der Waals surface area contributed by atoms with Gasteiger partial charge in [0.15, 0.2) is 5.96 Å². The van der Waals surface area contributed by atoms with Crippen LogP contribution in [-0.2, 0) is 11.3 Å². The standard InChI is InChI=1S/C16H21ClFN3O.HI/c1-19-15(20-9-12-13(17)3-2-4-14(12)18)21-7-5-16(10-21)6-8-22-11-16;/h2-4H,5-11H2,1H3,(H,19,20);1H. The van der Waals surface area contributed by atoms with Crippen LogP contribution in [0.4, 0.5) is 4.39 Å². The highest BCUT2D eigenvalue weighted by Gasteiger charge is 2.42. The average Bonchev–Trinajstić information content (AvgIpc) is 3.13. The fraction of sp³-hybridized carbons (Fsp3) is 0.562. The fourth-order valence-electron chi connectivity index (χ4n) is 3.29. The molecule has 0 radical (unpaired) electrons. The second-order valence-corrected chi connectivity index (χ2v) is 6.48. The van der Waals surface area contributed by atoms with Crippen molar-refractivity contribution in [3.63, 3.8) is 0 Å². The maximum Gasteiger partial charge on any atom is 0.193 e. The normalized spacial score (nSPS) is 24.1. The van der Waals surface area contributed by atoms with Crippen molar-refractivity contribution in [2.75, 3.05) is 33.4 Å². The van der Waals surface area contributed by atoms with Crippen LogP contribution in [0.1, 0.15) is 18.4 Å². The fourth-order valence-corrected chi connectivity index (χ4v) is 3.52. The van der Waals surface area contributed by atoms with E-state index >= 15 is 0 Å². The lowest BCUT2D eigenvalue weighted by atomic mass is 9.87. The summed E-state index contributed by atoms with van der Waals surface area (Å²) in [6.45, 7) is 3.91. The number of halogens is 3. The van der Waals surface area contributed by atoms with Gasteiger partial charge >= 0.3 is 0 Å². The molecule has 1 aromatic carbocycles. The van der Waals surface area contributed by atoms with E-state index in [9.17, 15) is 4.39 Å². The lowest BCUT2D eigenvalue weighted by Gasteiger charge is -2.25. The molecule has 1 spiro atoms. The second-order valence-electron chi connectivity index (χ2n) is 6.08. The first-order valence-corrected chi connectivity index (χ1v) is 7.98. The zero-order chi connectivity index (χ0) is 15.6. The summed E-state index contributed by atoms with van der Waals surface area (Å²) in [5.41, 5.74) is 0.746. The highest BCUT2D eigenvalue weighted by Crippen LogP contribution is 2.38. The summed E-state index contributed by atoms with van der Waals surface area (Å²) in [5.74, 6) is 0.501. The van der Waals surface area contributed by atoms with E-state index in [4.69, 9.17) is 16.3 Å². The van der Waals surface area contributed by atoms with Crippen molar-refractivity contribution >= 4 is 41.5 Å². The quantitative estimate of drug-likeness (QED) is 0.424. The number of nitrogens with zero attached hydrogens (tertiary/aromatic N) is 2. The maximum atomic E-state index is 13.8. The number of rotatable bonds is 2. The van der Waals surface area contributed by atoms with Gasteiger partial charge in [-0.1, -0.05) is 17.7 Å². The Labute approximate surface area is 158 Å². The van der Waals surface area contributed by atoms with Gasteiger partial charge < -0.3 is 15.0 Å². The molecule has 0 amide bonds. The minimum Gasteiger partial charge on any atom is -0.381 e. The largest absolute Gasteiger partial charge is 0.381 e. The zero-order valence-electron chi connectivity index (χ0n) is 13.1. The second kappa shape index (κ2) is 7.98. The molecule has 1 atom stereocenters. The van der Waals surface area contributed by atoms with Crippen LogP contribution in [0.2, 0.25) is 5.02 Å². The Morgan fingerprint density at radius 1 is 1.48 bits per heavy atom. The number of nitrogens with one attached hydrogen (secondary N) is 1. The Kier molecular flexibility index (Phi) is 6.50. The molecule has 2 aliphatic rings. The van der Waals surface area contributed by atoms with Crippen LogP contribution < -0.4 is 5.32 Å². The molecule has 128 valence electrons. The molecule has 0 bridgehead atoms. The van der Waals surface area contributed by atoms with Gasteiger partial charge in [0.25, 0.3) is 0 Å². The SMILES string of the molecule is CN=C(NCc1c(F)cccc1Cl)N1CCC2(CCOC2)C1.I. The Hall–Kier alpha value is -0.600. The van der Waals surface area contributed by atoms with Crippen LogP contribution in [0.15, 0.2) is 23.2 Å². The van der Waals surface area contributed by atoms with Gasteiger partial charge in [-0.25, -0.2) is 4.39 Å². The first-order chi connectivity index (χ1) is 10.6. The molecule has 2 aliphatic heterocycles. The van der Waals surface area contributed by atoms with E-state index in [1.54, 1.807) is 19.2 Å². The monoisotopic (exact) mass is 453 g/mol. The Balaban J connectivity index is 0.00000192. The molecule has 1 unspecified atom stereocenters. The van der Waals surface area contributed by atoms with Crippen molar-refractivity contribution in [2.45, 2.75) is 19.4 Å². The van der Waals surface area contributed by atoms with Crippen molar-refractivity contribution in [3.05, 3.63) is 34.6 Å². The smallest absolute Gasteiger partial charge is 0.193 e. The molecular weight excluding hydrogens is 432 g/mol. The highest BCUT2D eigenvalue weighted by molar-refractivity contribution is 14.0. The van der Waals surface area contributed by atoms with E-state index < -0.39 is 0 Å². The summed E-state index contributed by atoms with van der Waals surface area (Å²) in [6, 6.07) is 4.73. The maximum absolute atomic E-state index is 13.8. The minimum atomic E-state index is -0.294. The van der Waals surface area contributed by atoms with Crippen LogP contribution >= 0.6 is 35.6 Å². The molecule has 1 N–H and O–H groups in total. The molecule has 2 fully saturated rings. The van der Waals surface area contributed by atoms with Crippen LogP contribution in [0, 0.1) is 11.2 Å². The first-order valence-electron chi connectivity index (χ1n) is 7.60. The number of likely N-dealkylation sites (tertiary alicyclic amines) is 1. The molecule has 23 heavy (non-hydrogen) atoms. The Bertz CT molecular complexity index is 558. The summed E-state index contributed by atoms with van der Waals surface area (Å²) < 4.78 is 19.4. The number of aliphatic imine (C=N–C) groups is 1. The highest BCUT2D eigenvalue weighted by atomic mass is 127. The van der Waals surface area contributed by atoms with Crippen LogP contribution in [0.3, 0.4) is 0 Å². The number of guanidine groups is 1. The van der Waals surface area contributed by atoms with Crippen LogP contribution in [0.5, 0.6) is 0 Å². The predicted octanol–water partition coefficient (Wildman–Crippen LogP) is 3.28. The lowest BCUT2D eigenvalue weighted by Crippen LogP contribution is -2.41. The summed E-state index contributed by atoms with van der Waals surface area (Å²) in [4.78, 5) is 6.55. The van der Waals surface area contributed by atoms with Crippen molar-refractivity contribution in [1.29, 1.82) is 0 Å². The molecule has 0 aliphatic carbocycles. The molecule has 2 heterocycles. The van der Waals surface area contributed by atoms with Gasteiger partial charge in [-0.2, -0.15) is 0 Å². The van der Waals surface area contributed by atoms with Crippen molar-refractivity contribution < 1.29 is 9.13 Å². The molecule has 7 heteroatoms. The third-order valence-corrected chi connectivity index (χ3v) is 4.97. The lowest BCUT2D eigenvalue weighted by molar-refractivity contribution is 0.156. The van der Waals surface area contributed by atoms with Gasteiger partial charge in [0.05, 0.1) is 6.61 Å². The van der Waals surface area contributed by atoms with E-state index in [0.29, 0.717) is 17.1 Å². The summed E-state index contributed by atoms with van der Waals surface area (Å²) in [5, 5.41) is 3.66. The Morgan fingerprint density at radius 2 is 2.30 bits per heavy atom. The topological polar surface area (TPSA) is 36.9 Å². The zero-order valence-corrected chi connectivity index (χ0v) is 16.2. The summed E-state index contributed by atoms with van der Waals surface area (Å²) >= 11 is 6.06.